The summed E-state index contributed by atoms with van der Waals surface area (Å²) in [7, 11) is 0. The third-order valence-corrected chi connectivity index (χ3v) is 6.29. The first-order valence-electron chi connectivity index (χ1n) is 11.2. The van der Waals surface area contributed by atoms with E-state index in [1.165, 1.54) is 4.90 Å². The lowest BCUT2D eigenvalue weighted by Crippen LogP contribution is -2.49. The van der Waals surface area contributed by atoms with Crippen LogP contribution in [0.3, 0.4) is 0 Å². The molecule has 2 aromatic carbocycles. The number of fused-ring (bicyclic) bond motifs is 1. The number of hydrogen-bond donors (Lipinski definition) is 1. The molecule has 0 bridgehead atoms. The van der Waals surface area contributed by atoms with E-state index in [4.69, 9.17) is 0 Å². The van der Waals surface area contributed by atoms with E-state index in [9.17, 15) is 14.7 Å². The Morgan fingerprint density at radius 3 is 2.10 bits per heavy atom. The number of hydrogen-bond acceptors (Lipinski definition) is 4. The predicted molar refractivity (Wildman–Crippen MR) is 122 cm³/mol. The van der Waals surface area contributed by atoms with E-state index in [0.29, 0.717) is 48.4 Å². The smallest absolute Gasteiger partial charge is 0.257 e. The molecule has 0 radical (unpaired) electrons. The summed E-state index contributed by atoms with van der Waals surface area (Å²) in [5.74, 6) is -0.357. The number of benzene rings is 2. The van der Waals surface area contributed by atoms with Crippen molar-refractivity contribution < 1.29 is 14.7 Å². The van der Waals surface area contributed by atoms with Crippen molar-refractivity contribution in [2.75, 3.05) is 39.3 Å². The van der Waals surface area contributed by atoms with E-state index >= 15 is 0 Å². The summed E-state index contributed by atoms with van der Waals surface area (Å²) < 4.78 is 0. The molecule has 0 spiro atoms. The Kier molecular flexibility index (Phi) is 7.13. The second-order valence-corrected chi connectivity index (χ2v) is 7.72. The maximum absolute atomic E-state index is 13.4. The molecule has 1 aliphatic heterocycles. The number of carbonyl (C=O) groups is 2. The molecule has 6 heteroatoms. The third-order valence-electron chi connectivity index (χ3n) is 6.29. The van der Waals surface area contributed by atoms with Gasteiger partial charge in [-0.25, -0.2) is 0 Å². The molecule has 2 aromatic rings. The molecule has 1 N–H and O–H groups in total. The average molecular weight is 424 g/mol. The number of carbonyl (C=O) groups excluding carboxylic acids is 2. The second-order valence-electron chi connectivity index (χ2n) is 7.72. The monoisotopic (exact) mass is 423 g/mol. The fraction of sp³-hybridized carbons (Fsp3) is 0.440. The van der Waals surface area contributed by atoms with Crippen LogP contribution in [0.1, 0.15) is 59.5 Å². The molecule has 0 saturated heterocycles. The standard InChI is InChI=1S/C25H33N3O3/c1-5-26(6-2)17-18-28-24(30)20-14-10-12-16-22(20)25(28,31)21-15-11-9-13-19(21)23(29)27(7-3)8-4/h9-16,31H,5-8,17-18H2,1-4H3. The van der Waals surface area contributed by atoms with Gasteiger partial charge in [-0.3, -0.25) is 9.59 Å². The van der Waals surface area contributed by atoms with Gasteiger partial charge in [0.15, 0.2) is 5.72 Å². The van der Waals surface area contributed by atoms with Crippen molar-refractivity contribution >= 4 is 11.8 Å². The molecule has 2 amide bonds. The van der Waals surface area contributed by atoms with Crippen LogP contribution in [-0.2, 0) is 5.72 Å². The molecule has 1 heterocycles. The largest absolute Gasteiger partial charge is 0.363 e. The fourth-order valence-corrected chi connectivity index (χ4v) is 4.40. The van der Waals surface area contributed by atoms with Crippen molar-refractivity contribution in [2.45, 2.75) is 33.4 Å². The van der Waals surface area contributed by atoms with E-state index in [1.54, 1.807) is 47.4 Å². The summed E-state index contributed by atoms with van der Waals surface area (Å²) in [5, 5.41) is 12.2. The van der Waals surface area contributed by atoms with Gasteiger partial charge < -0.3 is 19.8 Å². The Hall–Kier alpha value is -2.70. The summed E-state index contributed by atoms with van der Waals surface area (Å²) in [6, 6.07) is 14.3. The Bertz CT molecular complexity index is 937. The normalized spacial score (nSPS) is 17.9. The molecule has 1 aliphatic rings. The number of nitrogens with zero attached hydrogens (tertiary/aromatic N) is 3. The SMILES string of the molecule is CCN(CC)CCN1C(=O)c2ccccc2C1(O)c1ccccc1C(=O)N(CC)CC. The molecule has 0 aromatic heterocycles. The van der Waals surface area contributed by atoms with Crippen LogP contribution in [0.5, 0.6) is 0 Å². The van der Waals surface area contributed by atoms with Gasteiger partial charge in [0.1, 0.15) is 0 Å². The molecule has 31 heavy (non-hydrogen) atoms. The van der Waals surface area contributed by atoms with Crippen LogP contribution in [0, 0.1) is 0 Å². The van der Waals surface area contributed by atoms with Crippen LogP contribution < -0.4 is 0 Å². The highest BCUT2D eigenvalue weighted by atomic mass is 16.3. The highest BCUT2D eigenvalue weighted by molar-refractivity contribution is 6.02. The van der Waals surface area contributed by atoms with Gasteiger partial charge in [-0.05, 0) is 39.1 Å². The van der Waals surface area contributed by atoms with Gasteiger partial charge >= 0.3 is 0 Å². The minimum absolute atomic E-state index is 0.144. The highest BCUT2D eigenvalue weighted by Gasteiger charge is 2.51. The predicted octanol–water partition coefficient (Wildman–Crippen LogP) is 3.16. The second kappa shape index (κ2) is 9.62. The number of amides is 2. The van der Waals surface area contributed by atoms with Crippen molar-refractivity contribution in [3.8, 4) is 0 Å². The van der Waals surface area contributed by atoms with Crippen LogP contribution in [0.2, 0.25) is 0 Å². The third kappa shape index (κ3) is 3.98. The maximum Gasteiger partial charge on any atom is 0.257 e. The Labute approximate surface area is 185 Å². The Morgan fingerprint density at radius 1 is 0.903 bits per heavy atom. The van der Waals surface area contributed by atoms with Crippen LogP contribution in [0.15, 0.2) is 48.5 Å². The number of aliphatic hydroxyl groups is 1. The topological polar surface area (TPSA) is 64.1 Å². The maximum atomic E-state index is 13.4. The highest BCUT2D eigenvalue weighted by Crippen LogP contribution is 2.43. The molecule has 6 nitrogen and oxygen atoms in total. The fourth-order valence-electron chi connectivity index (χ4n) is 4.40. The minimum atomic E-state index is -1.69. The molecule has 166 valence electrons. The molecular weight excluding hydrogens is 390 g/mol. The van der Waals surface area contributed by atoms with E-state index in [1.807, 2.05) is 19.9 Å². The van der Waals surface area contributed by atoms with E-state index in [0.717, 1.165) is 13.1 Å². The van der Waals surface area contributed by atoms with E-state index in [-0.39, 0.29) is 11.8 Å². The molecule has 0 aliphatic carbocycles. The zero-order valence-electron chi connectivity index (χ0n) is 19.0. The van der Waals surface area contributed by atoms with Gasteiger partial charge in [0.05, 0.1) is 0 Å². The van der Waals surface area contributed by atoms with Gasteiger partial charge in [0, 0.05) is 48.4 Å². The van der Waals surface area contributed by atoms with Gasteiger partial charge in [-0.2, -0.15) is 0 Å². The van der Waals surface area contributed by atoms with Crippen molar-refractivity contribution in [3.05, 3.63) is 70.8 Å². The van der Waals surface area contributed by atoms with Crippen LogP contribution in [-0.4, -0.2) is 70.9 Å². The quantitative estimate of drug-likeness (QED) is 0.673. The first-order valence-corrected chi connectivity index (χ1v) is 11.2. The van der Waals surface area contributed by atoms with Gasteiger partial charge in [0.25, 0.3) is 11.8 Å². The summed E-state index contributed by atoms with van der Waals surface area (Å²) in [5.41, 5.74) is 0.185. The summed E-state index contributed by atoms with van der Waals surface area (Å²) in [6.07, 6.45) is 0. The zero-order chi connectivity index (χ0) is 22.6. The van der Waals surface area contributed by atoms with Gasteiger partial charge in [-0.15, -0.1) is 0 Å². The first-order chi connectivity index (χ1) is 14.9. The average Bonchev–Trinajstić information content (AvgIpc) is 3.03. The first kappa shape index (κ1) is 23.0. The van der Waals surface area contributed by atoms with Crippen molar-refractivity contribution in [1.82, 2.24) is 14.7 Å². The lowest BCUT2D eigenvalue weighted by atomic mass is 9.89. The number of likely N-dealkylation sites (N-methyl/N-ethyl adjacent to an activating group) is 1. The van der Waals surface area contributed by atoms with Crippen LogP contribution >= 0.6 is 0 Å². The summed E-state index contributed by atoms with van der Waals surface area (Å²) in [4.78, 5) is 32.1. The van der Waals surface area contributed by atoms with Gasteiger partial charge in [-0.1, -0.05) is 50.2 Å². The summed E-state index contributed by atoms with van der Waals surface area (Å²) in [6.45, 7) is 11.9. The number of rotatable bonds is 9. The zero-order valence-corrected chi connectivity index (χ0v) is 19.0. The minimum Gasteiger partial charge on any atom is -0.363 e. The molecular formula is C25H33N3O3. The van der Waals surface area contributed by atoms with E-state index in [2.05, 4.69) is 18.7 Å². The van der Waals surface area contributed by atoms with Crippen molar-refractivity contribution in [2.24, 2.45) is 0 Å². The van der Waals surface area contributed by atoms with E-state index < -0.39 is 5.72 Å². The Morgan fingerprint density at radius 2 is 1.48 bits per heavy atom. The molecule has 3 rings (SSSR count). The lowest BCUT2D eigenvalue weighted by Gasteiger charge is -2.37. The van der Waals surface area contributed by atoms with Crippen molar-refractivity contribution in [1.29, 1.82) is 0 Å². The van der Waals surface area contributed by atoms with Crippen LogP contribution in [0.4, 0.5) is 0 Å². The molecule has 0 fully saturated rings. The molecule has 1 unspecified atom stereocenters. The Balaban J connectivity index is 2.14. The lowest BCUT2D eigenvalue weighted by molar-refractivity contribution is -0.0530. The van der Waals surface area contributed by atoms with Gasteiger partial charge in [0.2, 0.25) is 0 Å². The summed E-state index contributed by atoms with van der Waals surface area (Å²) >= 11 is 0. The molecule has 0 saturated carbocycles. The van der Waals surface area contributed by atoms with Crippen LogP contribution in [0.25, 0.3) is 0 Å². The molecule has 1 atom stereocenters. The van der Waals surface area contributed by atoms with Crippen molar-refractivity contribution in [3.63, 3.8) is 0 Å².